The van der Waals surface area contributed by atoms with Gasteiger partial charge in [0.15, 0.2) is 0 Å². The van der Waals surface area contributed by atoms with E-state index in [4.69, 9.17) is 16.3 Å². The summed E-state index contributed by atoms with van der Waals surface area (Å²) in [6.45, 7) is 4.49. The first kappa shape index (κ1) is 15.8. The molecule has 0 aliphatic carbocycles. The molecule has 0 radical (unpaired) electrons. The number of rotatable bonds is 6. The molecular formula is C16H24ClNO2. The van der Waals surface area contributed by atoms with Gasteiger partial charge in [0.05, 0.1) is 6.10 Å². The maximum atomic E-state index is 10.2. The molecule has 1 aromatic rings. The molecule has 3 nitrogen and oxygen atoms in total. The number of aliphatic hydroxyl groups is 1. The number of aliphatic hydroxyl groups excluding tert-OH is 1. The minimum Gasteiger partial charge on any atom is -0.387 e. The fourth-order valence-corrected chi connectivity index (χ4v) is 3.00. The molecule has 20 heavy (non-hydrogen) atoms. The van der Waals surface area contributed by atoms with Crippen LogP contribution in [0.2, 0.25) is 5.02 Å². The Hall–Kier alpha value is -0.610. The van der Waals surface area contributed by atoms with E-state index >= 15 is 0 Å². The zero-order valence-corrected chi connectivity index (χ0v) is 12.8. The summed E-state index contributed by atoms with van der Waals surface area (Å²) in [6.07, 6.45) is 2.89. The van der Waals surface area contributed by atoms with E-state index in [1.54, 1.807) is 0 Å². The Labute approximate surface area is 126 Å². The number of ether oxygens (including phenoxy) is 1. The van der Waals surface area contributed by atoms with Crippen molar-refractivity contribution < 1.29 is 9.84 Å². The number of hydrogen-bond donors (Lipinski definition) is 2. The van der Waals surface area contributed by atoms with Gasteiger partial charge in [0.2, 0.25) is 0 Å². The Balaban J connectivity index is 1.75. The molecule has 1 heterocycles. The lowest BCUT2D eigenvalue weighted by Crippen LogP contribution is -2.33. The Kier molecular flexibility index (Phi) is 6.30. The minimum atomic E-state index is -0.555. The van der Waals surface area contributed by atoms with Crippen molar-refractivity contribution in [3.63, 3.8) is 0 Å². The van der Waals surface area contributed by atoms with Gasteiger partial charge in [-0.05, 0) is 38.2 Å². The molecule has 0 aromatic heterocycles. The Morgan fingerprint density at radius 2 is 2.05 bits per heavy atom. The average Bonchev–Trinajstić information content (AvgIpc) is 2.46. The third kappa shape index (κ3) is 4.74. The molecule has 0 amide bonds. The molecule has 1 aliphatic rings. The van der Waals surface area contributed by atoms with Gasteiger partial charge in [-0.25, -0.2) is 0 Å². The van der Waals surface area contributed by atoms with Crippen LogP contribution >= 0.6 is 11.6 Å². The molecule has 2 N–H and O–H groups in total. The minimum absolute atomic E-state index is 0.398. The molecule has 1 aliphatic heterocycles. The lowest BCUT2D eigenvalue weighted by atomic mass is 9.93. The summed E-state index contributed by atoms with van der Waals surface area (Å²) in [5, 5.41) is 14.2. The van der Waals surface area contributed by atoms with Crippen LogP contribution < -0.4 is 5.32 Å². The van der Waals surface area contributed by atoms with Gasteiger partial charge in [0, 0.05) is 36.4 Å². The predicted molar refractivity (Wildman–Crippen MR) is 82.0 cm³/mol. The van der Waals surface area contributed by atoms with Gasteiger partial charge < -0.3 is 15.2 Å². The zero-order chi connectivity index (χ0) is 14.4. The summed E-state index contributed by atoms with van der Waals surface area (Å²) in [5.41, 5.74) is 0.792. The fraction of sp³-hybridized carbons (Fsp3) is 0.625. The average molecular weight is 298 g/mol. The van der Waals surface area contributed by atoms with Gasteiger partial charge in [-0.1, -0.05) is 29.8 Å². The highest BCUT2D eigenvalue weighted by Gasteiger charge is 2.18. The smallest absolute Gasteiger partial charge is 0.0928 e. The summed E-state index contributed by atoms with van der Waals surface area (Å²) in [7, 11) is 0. The van der Waals surface area contributed by atoms with E-state index in [0.29, 0.717) is 17.6 Å². The van der Waals surface area contributed by atoms with E-state index in [1.807, 2.05) is 24.3 Å². The highest BCUT2D eigenvalue weighted by molar-refractivity contribution is 6.31. The standard InChI is InChI=1S/C16H24ClNO2/c1-12(10-13-6-8-20-9-7-13)18-11-16(19)14-4-2-3-5-15(14)17/h2-5,12-13,16,18-19H,6-11H2,1H3. The molecule has 112 valence electrons. The summed E-state index contributed by atoms with van der Waals surface area (Å²) >= 11 is 6.09. The van der Waals surface area contributed by atoms with Crippen LogP contribution in [0.1, 0.15) is 37.9 Å². The van der Waals surface area contributed by atoms with E-state index in [2.05, 4.69) is 12.2 Å². The van der Waals surface area contributed by atoms with Crippen molar-refractivity contribution in [3.05, 3.63) is 34.9 Å². The SMILES string of the molecule is CC(CC1CCOCC1)NCC(O)c1ccccc1Cl. The third-order valence-corrected chi connectivity index (χ3v) is 4.30. The van der Waals surface area contributed by atoms with Crippen molar-refractivity contribution in [2.24, 2.45) is 5.92 Å². The lowest BCUT2D eigenvalue weighted by Gasteiger charge is -2.26. The van der Waals surface area contributed by atoms with E-state index in [1.165, 1.54) is 0 Å². The van der Waals surface area contributed by atoms with Gasteiger partial charge in [0.25, 0.3) is 0 Å². The van der Waals surface area contributed by atoms with Crippen LogP contribution in [0.15, 0.2) is 24.3 Å². The fourth-order valence-electron chi connectivity index (χ4n) is 2.73. The van der Waals surface area contributed by atoms with Crippen molar-refractivity contribution >= 4 is 11.6 Å². The first-order valence-corrected chi connectivity index (χ1v) is 7.78. The lowest BCUT2D eigenvalue weighted by molar-refractivity contribution is 0.0604. The second-order valence-corrected chi connectivity index (χ2v) is 6.05. The molecule has 1 aromatic carbocycles. The first-order valence-electron chi connectivity index (χ1n) is 7.40. The van der Waals surface area contributed by atoms with Crippen molar-refractivity contribution in [2.45, 2.75) is 38.3 Å². The molecule has 4 heteroatoms. The van der Waals surface area contributed by atoms with Crippen molar-refractivity contribution in [2.75, 3.05) is 19.8 Å². The van der Waals surface area contributed by atoms with E-state index in [-0.39, 0.29) is 0 Å². The van der Waals surface area contributed by atoms with Gasteiger partial charge in [-0.3, -0.25) is 0 Å². The van der Waals surface area contributed by atoms with Gasteiger partial charge >= 0.3 is 0 Å². The molecule has 0 bridgehead atoms. The summed E-state index contributed by atoms with van der Waals surface area (Å²) < 4.78 is 5.38. The number of benzene rings is 1. The first-order chi connectivity index (χ1) is 9.66. The highest BCUT2D eigenvalue weighted by atomic mass is 35.5. The summed E-state index contributed by atoms with van der Waals surface area (Å²) in [4.78, 5) is 0. The molecule has 1 fully saturated rings. The topological polar surface area (TPSA) is 41.5 Å². The largest absolute Gasteiger partial charge is 0.387 e. The van der Waals surface area contributed by atoms with Gasteiger partial charge in [-0.2, -0.15) is 0 Å². The maximum Gasteiger partial charge on any atom is 0.0928 e. The second kappa shape index (κ2) is 7.99. The van der Waals surface area contributed by atoms with Crippen LogP contribution in [0.25, 0.3) is 0 Å². The normalized spacial score (nSPS) is 19.8. The third-order valence-electron chi connectivity index (χ3n) is 3.95. The highest BCUT2D eigenvalue weighted by Crippen LogP contribution is 2.23. The van der Waals surface area contributed by atoms with Crippen LogP contribution in [0.4, 0.5) is 0 Å². The molecule has 0 spiro atoms. The van der Waals surface area contributed by atoms with E-state index in [9.17, 15) is 5.11 Å². The van der Waals surface area contributed by atoms with Gasteiger partial charge in [0.1, 0.15) is 0 Å². The van der Waals surface area contributed by atoms with Crippen LogP contribution in [-0.2, 0) is 4.74 Å². The monoisotopic (exact) mass is 297 g/mol. The predicted octanol–water partition coefficient (Wildman–Crippen LogP) is 3.17. The number of halogens is 1. The molecular weight excluding hydrogens is 274 g/mol. The summed E-state index contributed by atoms with van der Waals surface area (Å²) in [5.74, 6) is 0.740. The molecule has 2 rings (SSSR count). The van der Waals surface area contributed by atoms with Crippen LogP contribution in [0.5, 0.6) is 0 Å². The molecule has 2 atom stereocenters. The van der Waals surface area contributed by atoms with Crippen molar-refractivity contribution in [1.29, 1.82) is 0 Å². The van der Waals surface area contributed by atoms with E-state index in [0.717, 1.165) is 44.0 Å². The van der Waals surface area contributed by atoms with Crippen molar-refractivity contribution in [3.8, 4) is 0 Å². The van der Waals surface area contributed by atoms with Crippen LogP contribution in [0.3, 0.4) is 0 Å². The Morgan fingerprint density at radius 3 is 2.75 bits per heavy atom. The second-order valence-electron chi connectivity index (χ2n) is 5.64. The number of hydrogen-bond acceptors (Lipinski definition) is 3. The zero-order valence-electron chi connectivity index (χ0n) is 12.0. The van der Waals surface area contributed by atoms with Crippen LogP contribution in [-0.4, -0.2) is 30.9 Å². The molecule has 0 saturated carbocycles. The Bertz CT molecular complexity index is 407. The van der Waals surface area contributed by atoms with Crippen molar-refractivity contribution in [1.82, 2.24) is 5.32 Å². The molecule has 2 unspecified atom stereocenters. The van der Waals surface area contributed by atoms with Gasteiger partial charge in [-0.15, -0.1) is 0 Å². The number of nitrogens with one attached hydrogen (secondary N) is 1. The summed E-state index contributed by atoms with van der Waals surface area (Å²) in [6, 6.07) is 7.86. The quantitative estimate of drug-likeness (QED) is 0.847. The van der Waals surface area contributed by atoms with Crippen LogP contribution in [0, 0.1) is 5.92 Å². The Morgan fingerprint density at radius 1 is 1.35 bits per heavy atom. The molecule has 1 saturated heterocycles. The van der Waals surface area contributed by atoms with E-state index < -0.39 is 6.10 Å². The maximum absolute atomic E-state index is 10.2.